The monoisotopic (exact) mass is 187 g/mol. The molecular weight excluding hydrogens is 166 g/mol. The van der Waals surface area contributed by atoms with Crippen molar-refractivity contribution in [1.29, 1.82) is 0 Å². The van der Waals surface area contributed by atoms with Crippen LogP contribution in [-0.2, 0) is 4.79 Å². The van der Waals surface area contributed by atoms with Crippen LogP contribution in [0.1, 0.15) is 13.8 Å². The van der Waals surface area contributed by atoms with Crippen molar-refractivity contribution in [1.82, 2.24) is 4.90 Å². The number of piperazine rings is 1. The molecule has 0 aromatic heterocycles. The van der Waals surface area contributed by atoms with Crippen LogP contribution in [0.5, 0.6) is 0 Å². The summed E-state index contributed by atoms with van der Waals surface area (Å²) in [6, 6.07) is 0.678. The van der Waals surface area contributed by atoms with Crippen LogP contribution in [0.4, 0.5) is 0 Å². The molecule has 1 saturated heterocycles. The van der Waals surface area contributed by atoms with E-state index in [2.05, 4.69) is 19.6 Å². The molecule has 0 atom stereocenters. The normalized spacial score (nSPS) is 19.5. The molecule has 1 rings (SSSR count). The van der Waals surface area contributed by atoms with Gasteiger partial charge in [-0.1, -0.05) is 0 Å². The summed E-state index contributed by atoms with van der Waals surface area (Å²) >= 11 is 0. The van der Waals surface area contributed by atoms with Gasteiger partial charge in [0.25, 0.3) is 5.91 Å². The number of amides is 1. The number of quaternary nitrogens is 2. The summed E-state index contributed by atoms with van der Waals surface area (Å²) in [7, 11) is 0. The fourth-order valence-corrected chi connectivity index (χ4v) is 1.78. The molecule has 0 aliphatic carbocycles. The second-order valence-corrected chi connectivity index (χ2v) is 3.94. The average molecular weight is 187 g/mol. The molecule has 0 unspecified atom stereocenters. The van der Waals surface area contributed by atoms with Gasteiger partial charge in [0.1, 0.15) is 0 Å². The molecule has 0 saturated carbocycles. The molecule has 0 bridgehead atoms. The van der Waals surface area contributed by atoms with E-state index in [1.807, 2.05) is 4.90 Å². The third kappa shape index (κ3) is 2.67. The van der Waals surface area contributed by atoms with Gasteiger partial charge in [0.05, 0.1) is 32.2 Å². The Kier molecular flexibility index (Phi) is 3.69. The van der Waals surface area contributed by atoms with Crippen LogP contribution in [0.2, 0.25) is 0 Å². The molecule has 1 fully saturated rings. The van der Waals surface area contributed by atoms with Crippen molar-refractivity contribution in [3.05, 3.63) is 0 Å². The number of rotatable bonds is 2. The van der Waals surface area contributed by atoms with Gasteiger partial charge in [-0.05, 0) is 13.8 Å². The summed E-state index contributed by atoms with van der Waals surface area (Å²) < 4.78 is 0. The smallest absolute Gasteiger partial charge is 0.278 e. The van der Waals surface area contributed by atoms with Crippen LogP contribution < -0.4 is 10.6 Å². The van der Waals surface area contributed by atoms with E-state index in [1.54, 1.807) is 4.90 Å². The van der Waals surface area contributed by atoms with E-state index < -0.39 is 0 Å². The Hall–Kier alpha value is -0.610. The number of hydrogen-bond acceptors (Lipinski definition) is 1. The lowest BCUT2D eigenvalue weighted by atomic mass is 10.2. The van der Waals surface area contributed by atoms with Crippen molar-refractivity contribution in [2.75, 3.05) is 32.7 Å². The summed E-state index contributed by atoms with van der Waals surface area (Å²) in [4.78, 5) is 14.8. The lowest BCUT2D eigenvalue weighted by Crippen LogP contribution is -3.17. The van der Waals surface area contributed by atoms with E-state index in [-0.39, 0.29) is 5.91 Å². The van der Waals surface area contributed by atoms with Gasteiger partial charge in [-0.25, -0.2) is 0 Å². The first-order valence-electron chi connectivity index (χ1n) is 5.06. The highest BCUT2D eigenvalue weighted by molar-refractivity contribution is 5.76. The molecule has 4 heteroatoms. The lowest BCUT2D eigenvalue weighted by Gasteiger charge is -2.33. The van der Waals surface area contributed by atoms with E-state index in [0.29, 0.717) is 12.6 Å². The van der Waals surface area contributed by atoms with Crippen molar-refractivity contribution < 1.29 is 15.4 Å². The minimum absolute atomic E-state index is 0.197. The largest absolute Gasteiger partial charge is 0.350 e. The van der Waals surface area contributed by atoms with Crippen molar-refractivity contribution in [3.63, 3.8) is 0 Å². The molecule has 0 spiro atoms. The quantitative estimate of drug-likeness (QED) is 0.488. The van der Waals surface area contributed by atoms with Gasteiger partial charge in [-0.2, -0.15) is 0 Å². The number of nitrogens with one attached hydrogen (secondary N) is 1. The van der Waals surface area contributed by atoms with Crippen molar-refractivity contribution in [2.45, 2.75) is 19.9 Å². The first kappa shape index (κ1) is 10.5. The SMILES string of the molecule is CC(C)[NH+]1CCN(C(=O)C[NH3+])CC1. The second kappa shape index (κ2) is 4.58. The standard InChI is InChI=1S/C9H19N3O/c1-8(2)11-3-5-12(6-4-11)9(13)7-10/h8H,3-7,10H2,1-2H3/p+2. The molecule has 1 amide bonds. The summed E-state index contributed by atoms with van der Waals surface area (Å²) in [6.07, 6.45) is 0. The Balaban J connectivity index is 2.34. The van der Waals surface area contributed by atoms with E-state index in [9.17, 15) is 4.79 Å². The fraction of sp³-hybridized carbons (Fsp3) is 0.889. The summed E-state index contributed by atoms with van der Waals surface area (Å²) in [6.45, 7) is 8.84. The topological polar surface area (TPSA) is 52.4 Å². The number of carbonyl (C=O) groups is 1. The van der Waals surface area contributed by atoms with E-state index in [1.165, 1.54) is 0 Å². The molecule has 76 valence electrons. The molecular formula is C9H21N3O+2. The predicted octanol–water partition coefficient (Wildman–Crippen LogP) is -2.64. The average Bonchev–Trinajstić information content (AvgIpc) is 2.17. The predicted molar refractivity (Wildman–Crippen MR) is 50.2 cm³/mol. The summed E-state index contributed by atoms with van der Waals surface area (Å²) in [5.74, 6) is 0.197. The Bertz CT molecular complexity index is 174. The third-order valence-corrected chi connectivity index (χ3v) is 2.79. The van der Waals surface area contributed by atoms with Crippen molar-refractivity contribution in [3.8, 4) is 0 Å². The van der Waals surface area contributed by atoms with Crippen LogP contribution in [0.15, 0.2) is 0 Å². The number of carbonyl (C=O) groups excluding carboxylic acids is 1. The highest BCUT2D eigenvalue weighted by Gasteiger charge is 2.24. The van der Waals surface area contributed by atoms with Crippen LogP contribution in [0.3, 0.4) is 0 Å². The molecule has 4 nitrogen and oxygen atoms in total. The van der Waals surface area contributed by atoms with E-state index in [0.717, 1.165) is 26.2 Å². The maximum Gasteiger partial charge on any atom is 0.278 e. The van der Waals surface area contributed by atoms with E-state index in [4.69, 9.17) is 0 Å². The minimum Gasteiger partial charge on any atom is -0.350 e. The molecule has 0 aromatic carbocycles. The zero-order chi connectivity index (χ0) is 9.84. The molecule has 13 heavy (non-hydrogen) atoms. The Morgan fingerprint density at radius 3 is 2.38 bits per heavy atom. The maximum absolute atomic E-state index is 11.3. The molecule has 1 aliphatic rings. The van der Waals surface area contributed by atoms with Crippen molar-refractivity contribution in [2.24, 2.45) is 0 Å². The Labute approximate surface area is 79.7 Å². The van der Waals surface area contributed by atoms with Gasteiger partial charge >= 0.3 is 0 Å². The molecule has 1 aliphatic heterocycles. The van der Waals surface area contributed by atoms with Crippen LogP contribution in [0.25, 0.3) is 0 Å². The molecule has 0 radical (unpaired) electrons. The van der Waals surface area contributed by atoms with Gasteiger partial charge in [0.2, 0.25) is 0 Å². The van der Waals surface area contributed by atoms with Gasteiger partial charge in [0, 0.05) is 0 Å². The van der Waals surface area contributed by atoms with E-state index >= 15 is 0 Å². The minimum atomic E-state index is 0.197. The highest BCUT2D eigenvalue weighted by Crippen LogP contribution is 1.89. The van der Waals surface area contributed by atoms with Crippen LogP contribution >= 0.6 is 0 Å². The first-order valence-corrected chi connectivity index (χ1v) is 5.06. The van der Waals surface area contributed by atoms with Gasteiger partial charge < -0.3 is 15.5 Å². The Morgan fingerprint density at radius 2 is 2.00 bits per heavy atom. The second-order valence-electron chi connectivity index (χ2n) is 3.94. The molecule has 4 N–H and O–H groups in total. The number of nitrogens with zero attached hydrogens (tertiary/aromatic N) is 1. The van der Waals surface area contributed by atoms with Crippen molar-refractivity contribution >= 4 is 5.91 Å². The zero-order valence-electron chi connectivity index (χ0n) is 8.68. The van der Waals surface area contributed by atoms with Gasteiger partial charge in [-0.15, -0.1) is 0 Å². The molecule has 0 aromatic rings. The summed E-state index contributed by atoms with van der Waals surface area (Å²) in [5.41, 5.74) is 3.62. The van der Waals surface area contributed by atoms with Gasteiger partial charge in [-0.3, -0.25) is 4.79 Å². The lowest BCUT2D eigenvalue weighted by molar-refractivity contribution is -0.925. The number of hydrogen-bond donors (Lipinski definition) is 2. The zero-order valence-corrected chi connectivity index (χ0v) is 8.68. The van der Waals surface area contributed by atoms with Crippen LogP contribution in [0, 0.1) is 0 Å². The van der Waals surface area contributed by atoms with Gasteiger partial charge in [0.15, 0.2) is 6.54 Å². The third-order valence-electron chi connectivity index (χ3n) is 2.79. The first-order chi connectivity index (χ1) is 6.15. The highest BCUT2D eigenvalue weighted by atomic mass is 16.2. The van der Waals surface area contributed by atoms with Crippen LogP contribution in [-0.4, -0.2) is 49.6 Å². The summed E-state index contributed by atoms with van der Waals surface area (Å²) in [5, 5.41) is 0. The molecule has 1 heterocycles. The maximum atomic E-state index is 11.3. The fourth-order valence-electron chi connectivity index (χ4n) is 1.78. The Morgan fingerprint density at radius 1 is 1.46 bits per heavy atom.